The number of rotatable bonds is 4. The molecule has 1 unspecified atom stereocenters. The van der Waals surface area contributed by atoms with Gasteiger partial charge in [-0.1, -0.05) is 24.6 Å². The second-order valence-corrected chi connectivity index (χ2v) is 8.41. The molecule has 1 aliphatic rings. The lowest BCUT2D eigenvalue weighted by Crippen LogP contribution is -2.30. The van der Waals surface area contributed by atoms with Crippen LogP contribution in [0.25, 0.3) is 0 Å². The molecule has 0 radical (unpaired) electrons. The van der Waals surface area contributed by atoms with Gasteiger partial charge < -0.3 is 10.1 Å². The van der Waals surface area contributed by atoms with E-state index in [0.717, 1.165) is 4.31 Å². The molecule has 1 atom stereocenters. The monoisotopic (exact) mass is 408 g/mol. The maximum atomic E-state index is 12.5. The van der Waals surface area contributed by atoms with Crippen LogP contribution in [-0.2, 0) is 14.8 Å². The number of benzene rings is 2. The molecule has 0 bridgehead atoms. The van der Waals surface area contributed by atoms with Crippen LogP contribution >= 0.6 is 11.6 Å². The third-order valence-corrected chi connectivity index (χ3v) is 6.28. The van der Waals surface area contributed by atoms with Crippen molar-refractivity contribution in [1.29, 1.82) is 0 Å². The Morgan fingerprint density at radius 3 is 2.59 bits per heavy atom. The number of anilines is 2. The fourth-order valence-corrected chi connectivity index (χ4v) is 4.88. The molecular formula is C18H17ClN2O5S. The topological polar surface area (TPSA) is 92.8 Å². The maximum absolute atomic E-state index is 12.5. The number of carbonyl (C=O) groups is 2. The van der Waals surface area contributed by atoms with Gasteiger partial charge in [-0.15, -0.1) is 0 Å². The van der Waals surface area contributed by atoms with Gasteiger partial charge >= 0.3 is 0 Å². The zero-order valence-electron chi connectivity index (χ0n) is 14.6. The number of sulfonamides is 1. The molecule has 0 spiro atoms. The second-order valence-electron chi connectivity index (χ2n) is 6.14. The first-order valence-electron chi connectivity index (χ1n) is 8.05. The Hall–Kier alpha value is -2.58. The Labute approximate surface area is 161 Å². The fraction of sp³-hybridized carbons (Fsp3) is 0.222. The van der Waals surface area contributed by atoms with Crippen molar-refractivity contribution in [3.63, 3.8) is 0 Å². The molecule has 2 aromatic carbocycles. The average Bonchev–Trinajstić information content (AvgIpc) is 2.82. The van der Waals surface area contributed by atoms with Crippen LogP contribution in [0.4, 0.5) is 11.4 Å². The number of nitrogens with zero attached hydrogens (tertiary/aromatic N) is 1. The highest BCUT2D eigenvalue weighted by Gasteiger charge is 2.42. The summed E-state index contributed by atoms with van der Waals surface area (Å²) in [5.41, 5.74) is 0.807. The molecule has 2 amide bonds. The highest BCUT2D eigenvalue weighted by Crippen LogP contribution is 2.30. The molecule has 142 valence electrons. The predicted octanol–water partition coefficient (Wildman–Crippen LogP) is 2.91. The number of nitrogens with one attached hydrogen (secondary N) is 1. The van der Waals surface area contributed by atoms with Crippen molar-refractivity contribution in [3.8, 4) is 5.75 Å². The lowest BCUT2D eigenvalue weighted by atomic mass is 10.1. The van der Waals surface area contributed by atoms with Crippen molar-refractivity contribution in [1.82, 2.24) is 0 Å². The normalized spacial score (nSPS) is 18.4. The van der Waals surface area contributed by atoms with E-state index in [0.29, 0.717) is 16.5 Å². The molecule has 1 aliphatic heterocycles. The average molecular weight is 409 g/mol. The Morgan fingerprint density at radius 1 is 1.26 bits per heavy atom. The summed E-state index contributed by atoms with van der Waals surface area (Å²) in [5.74, 6) is -1.35. The van der Waals surface area contributed by atoms with Crippen molar-refractivity contribution in [2.24, 2.45) is 5.92 Å². The molecule has 2 aromatic rings. The highest BCUT2D eigenvalue weighted by molar-refractivity contribution is 7.94. The first kappa shape index (κ1) is 19.2. The molecule has 27 heavy (non-hydrogen) atoms. The van der Waals surface area contributed by atoms with Crippen molar-refractivity contribution in [2.75, 3.05) is 22.5 Å². The van der Waals surface area contributed by atoms with E-state index < -0.39 is 27.8 Å². The molecule has 1 saturated heterocycles. The minimum Gasteiger partial charge on any atom is -0.495 e. The van der Waals surface area contributed by atoms with E-state index in [9.17, 15) is 18.0 Å². The van der Waals surface area contributed by atoms with Crippen LogP contribution in [0.2, 0.25) is 5.02 Å². The van der Waals surface area contributed by atoms with Gasteiger partial charge in [0.05, 0.1) is 29.5 Å². The second kappa shape index (κ2) is 7.21. The SMILES string of the molecule is COc1ccc(NC(=O)c2cccc(N3C(=O)C(C)CS3(=O)=O)c2)cc1Cl. The van der Waals surface area contributed by atoms with Gasteiger partial charge in [0.1, 0.15) is 5.75 Å². The summed E-state index contributed by atoms with van der Waals surface area (Å²) >= 11 is 6.04. The van der Waals surface area contributed by atoms with E-state index in [-0.39, 0.29) is 17.0 Å². The Morgan fingerprint density at radius 2 is 2.00 bits per heavy atom. The van der Waals surface area contributed by atoms with Crippen LogP contribution in [0.1, 0.15) is 17.3 Å². The summed E-state index contributed by atoms with van der Waals surface area (Å²) in [4.78, 5) is 24.7. The predicted molar refractivity (Wildman–Crippen MR) is 103 cm³/mol. The number of carbonyl (C=O) groups excluding carboxylic acids is 2. The highest BCUT2D eigenvalue weighted by atomic mass is 35.5. The zero-order valence-corrected chi connectivity index (χ0v) is 16.2. The van der Waals surface area contributed by atoms with Crippen LogP contribution < -0.4 is 14.4 Å². The maximum Gasteiger partial charge on any atom is 0.255 e. The van der Waals surface area contributed by atoms with Crippen LogP contribution in [0.5, 0.6) is 5.75 Å². The van der Waals surface area contributed by atoms with Crippen molar-refractivity contribution in [3.05, 3.63) is 53.1 Å². The van der Waals surface area contributed by atoms with Crippen LogP contribution in [0.15, 0.2) is 42.5 Å². The van der Waals surface area contributed by atoms with E-state index >= 15 is 0 Å². The molecule has 0 saturated carbocycles. The molecule has 9 heteroatoms. The first-order chi connectivity index (χ1) is 12.7. The van der Waals surface area contributed by atoms with E-state index in [1.165, 1.54) is 37.4 Å². The summed E-state index contributed by atoms with van der Waals surface area (Å²) in [6.07, 6.45) is 0. The lowest BCUT2D eigenvalue weighted by Gasteiger charge is -2.16. The standard InChI is InChI=1S/C18H17ClN2O5S/c1-11-10-27(24,25)21(18(11)23)14-5-3-4-12(8-14)17(22)20-13-6-7-16(26-2)15(19)9-13/h3-9,11H,10H2,1-2H3,(H,20,22). The number of methoxy groups -OCH3 is 1. The summed E-state index contributed by atoms with van der Waals surface area (Å²) in [5, 5.41) is 3.02. The van der Waals surface area contributed by atoms with Gasteiger partial charge in [0.25, 0.3) is 5.91 Å². The van der Waals surface area contributed by atoms with Crippen molar-refractivity contribution in [2.45, 2.75) is 6.92 Å². The van der Waals surface area contributed by atoms with Gasteiger partial charge in [0, 0.05) is 11.3 Å². The summed E-state index contributed by atoms with van der Waals surface area (Å²) in [6.45, 7) is 1.56. The molecule has 0 aromatic heterocycles. The molecule has 7 nitrogen and oxygen atoms in total. The number of amides is 2. The molecule has 1 fully saturated rings. The quantitative estimate of drug-likeness (QED) is 0.839. The number of hydrogen-bond donors (Lipinski definition) is 1. The zero-order chi connectivity index (χ0) is 19.8. The van der Waals surface area contributed by atoms with Gasteiger partial charge in [-0.3, -0.25) is 9.59 Å². The van der Waals surface area contributed by atoms with E-state index in [2.05, 4.69) is 5.32 Å². The van der Waals surface area contributed by atoms with E-state index in [1.807, 2.05) is 0 Å². The smallest absolute Gasteiger partial charge is 0.255 e. The minimum atomic E-state index is -3.73. The third kappa shape index (κ3) is 3.77. The molecule has 1 heterocycles. The van der Waals surface area contributed by atoms with Gasteiger partial charge in [-0.25, -0.2) is 12.7 Å². The summed E-state index contributed by atoms with van der Waals surface area (Å²) < 4.78 is 30.3. The largest absolute Gasteiger partial charge is 0.495 e. The number of ether oxygens (including phenoxy) is 1. The molecule has 3 rings (SSSR count). The van der Waals surface area contributed by atoms with Crippen LogP contribution in [-0.4, -0.2) is 33.1 Å². The number of hydrogen-bond acceptors (Lipinski definition) is 5. The van der Waals surface area contributed by atoms with E-state index in [1.54, 1.807) is 19.1 Å². The summed E-state index contributed by atoms with van der Waals surface area (Å²) in [7, 11) is -2.25. The van der Waals surface area contributed by atoms with Crippen molar-refractivity contribution < 1.29 is 22.7 Å². The minimum absolute atomic E-state index is 0.143. The van der Waals surface area contributed by atoms with Gasteiger partial charge in [-0.05, 0) is 36.4 Å². The fourth-order valence-electron chi connectivity index (χ4n) is 2.81. The Balaban J connectivity index is 1.86. The first-order valence-corrected chi connectivity index (χ1v) is 10.0. The lowest BCUT2D eigenvalue weighted by molar-refractivity contribution is -0.119. The van der Waals surface area contributed by atoms with Crippen molar-refractivity contribution >= 4 is 44.8 Å². The third-order valence-electron chi connectivity index (χ3n) is 4.11. The van der Waals surface area contributed by atoms with Crippen LogP contribution in [0.3, 0.4) is 0 Å². The molecule has 1 N–H and O–H groups in total. The molecular weight excluding hydrogens is 392 g/mol. The Kier molecular flexibility index (Phi) is 5.12. The van der Waals surface area contributed by atoms with E-state index in [4.69, 9.17) is 16.3 Å². The van der Waals surface area contributed by atoms with Crippen LogP contribution in [0, 0.1) is 5.92 Å². The van der Waals surface area contributed by atoms with Gasteiger partial charge in [0.15, 0.2) is 0 Å². The Bertz CT molecular complexity index is 1020. The van der Waals surface area contributed by atoms with Gasteiger partial charge in [0.2, 0.25) is 15.9 Å². The summed E-state index contributed by atoms with van der Waals surface area (Å²) in [6, 6.07) is 10.7. The van der Waals surface area contributed by atoms with Gasteiger partial charge in [-0.2, -0.15) is 0 Å². The number of halogens is 1. The molecule has 0 aliphatic carbocycles.